The first-order valence-electron chi connectivity index (χ1n) is 6.12. The molecule has 0 aliphatic carbocycles. The maximum Gasteiger partial charge on any atom is 0.306 e. The Hall–Kier alpha value is -0.900. The summed E-state index contributed by atoms with van der Waals surface area (Å²) in [6, 6.07) is 0. The Kier molecular flexibility index (Phi) is 2.81. The zero-order valence-corrected chi connectivity index (χ0v) is 10.9. The molecule has 4 heteroatoms. The largest absolute Gasteiger partial charge is 0.458 e. The van der Waals surface area contributed by atoms with Gasteiger partial charge in [0.15, 0.2) is 5.78 Å². The third-order valence-electron chi connectivity index (χ3n) is 4.30. The number of rotatable bonds is 1. The number of ether oxygens (including phenoxy) is 2. The van der Waals surface area contributed by atoms with Crippen LogP contribution >= 0.6 is 0 Å². The second-order valence-corrected chi connectivity index (χ2v) is 5.97. The predicted octanol–water partition coefficient (Wildman–Crippen LogP) is 1.71. The van der Waals surface area contributed by atoms with Crippen LogP contribution in [0.15, 0.2) is 0 Å². The molecule has 0 N–H and O–H groups in total. The second kappa shape index (κ2) is 3.80. The monoisotopic (exact) mass is 240 g/mol. The van der Waals surface area contributed by atoms with Gasteiger partial charge in [-0.05, 0) is 6.92 Å². The number of hydrogen-bond acceptors (Lipinski definition) is 4. The minimum Gasteiger partial charge on any atom is -0.458 e. The number of hydrogen-bond donors (Lipinski definition) is 0. The smallest absolute Gasteiger partial charge is 0.306 e. The van der Waals surface area contributed by atoms with Gasteiger partial charge in [-0.3, -0.25) is 9.59 Å². The van der Waals surface area contributed by atoms with Crippen LogP contribution in [0.3, 0.4) is 0 Å². The van der Waals surface area contributed by atoms with Gasteiger partial charge in [-0.15, -0.1) is 0 Å². The third kappa shape index (κ3) is 1.79. The first-order chi connectivity index (χ1) is 7.78. The van der Waals surface area contributed by atoms with Crippen molar-refractivity contribution in [1.29, 1.82) is 0 Å². The molecule has 17 heavy (non-hydrogen) atoms. The van der Waals surface area contributed by atoms with Crippen LogP contribution in [0.2, 0.25) is 0 Å². The van der Waals surface area contributed by atoms with Gasteiger partial charge in [-0.2, -0.15) is 0 Å². The highest BCUT2D eigenvalue weighted by molar-refractivity contribution is 5.81. The van der Waals surface area contributed by atoms with Crippen LogP contribution in [0, 0.1) is 11.3 Å². The standard InChI is InChI=1S/C13H20O4/c1-8-5-11(15)17-13(8)6-10(9(2)14)16-7-12(13,3)4/h8,10H,5-7H2,1-4H3/t8-,10-,13+/m0/s1. The quantitative estimate of drug-likeness (QED) is 0.655. The summed E-state index contributed by atoms with van der Waals surface area (Å²) in [5, 5.41) is 0. The minimum atomic E-state index is -0.543. The highest BCUT2D eigenvalue weighted by atomic mass is 16.6. The number of carbonyl (C=O) groups is 2. The molecule has 96 valence electrons. The van der Waals surface area contributed by atoms with Crippen LogP contribution < -0.4 is 0 Å². The van der Waals surface area contributed by atoms with E-state index in [1.165, 1.54) is 6.92 Å². The highest BCUT2D eigenvalue weighted by Crippen LogP contribution is 2.51. The molecule has 3 atom stereocenters. The number of Topliss-reactive ketones (excluding diaryl/α,β-unsaturated/α-hetero) is 1. The van der Waals surface area contributed by atoms with Gasteiger partial charge < -0.3 is 9.47 Å². The fourth-order valence-electron chi connectivity index (χ4n) is 3.11. The van der Waals surface area contributed by atoms with E-state index in [0.29, 0.717) is 19.4 Å². The van der Waals surface area contributed by atoms with E-state index in [9.17, 15) is 9.59 Å². The summed E-state index contributed by atoms with van der Waals surface area (Å²) in [4.78, 5) is 23.0. The van der Waals surface area contributed by atoms with Gasteiger partial charge in [0.05, 0.1) is 13.0 Å². The Morgan fingerprint density at radius 2 is 2.06 bits per heavy atom. The van der Waals surface area contributed by atoms with Crippen molar-refractivity contribution in [2.75, 3.05) is 6.61 Å². The Balaban J connectivity index is 2.33. The molecular formula is C13H20O4. The predicted molar refractivity (Wildman–Crippen MR) is 61.4 cm³/mol. The normalized spacial score (nSPS) is 40.4. The Morgan fingerprint density at radius 1 is 1.41 bits per heavy atom. The Morgan fingerprint density at radius 3 is 2.53 bits per heavy atom. The van der Waals surface area contributed by atoms with Gasteiger partial charge in [-0.1, -0.05) is 20.8 Å². The average molecular weight is 240 g/mol. The van der Waals surface area contributed by atoms with E-state index < -0.39 is 11.7 Å². The van der Waals surface area contributed by atoms with Gasteiger partial charge in [0.25, 0.3) is 0 Å². The highest BCUT2D eigenvalue weighted by Gasteiger charge is 2.60. The summed E-state index contributed by atoms with van der Waals surface area (Å²) in [6.07, 6.45) is 0.493. The summed E-state index contributed by atoms with van der Waals surface area (Å²) in [5.74, 6) is -0.0134. The lowest BCUT2D eigenvalue weighted by molar-refractivity contribution is -0.207. The third-order valence-corrected chi connectivity index (χ3v) is 4.30. The molecule has 0 saturated carbocycles. The fourth-order valence-corrected chi connectivity index (χ4v) is 3.11. The molecule has 2 aliphatic rings. The lowest BCUT2D eigenvalue weighted by Gasteiger charge is -2.50. The molecule has 1 spiro atoms. The topological polar surface area (TPSA) is 52.6 Å². The summed E-state index contributed by atoms with van der Waals surface area (Å²) in [7, 11) is 0. The van der Waals surface area contributed by atoms with Crippen molar-refractivity contribution in [2.24, 2.45) is 11.3 Å². The van der Waals surface area contributed by atoms with Crippen molar-refractivity contribution in [1.82, 2.24) is 0 Å². The van der Waals surface area contributed by atoms with E-state index in [1.54, 1.807) is 0 Å². The molecule has 0 radical (unpaired) electrons. The van der Waals surface area contributed by atoms with Crippen molar-refractivity contribution in [3.8, 4) is 0 Å². The van der Waals surface area contributed by atoms with Gasteiger partial charge in [-0.25, -0.2) is 0 Å². The minimum absolute atomic E-state index is 0.00928. The zero-order chi connectivity index (χ0) is 12.8. The molecule has 2 aliphatic heterocycles. The SMILES string of the molecule is CC(=O)[C@@H]1C[C@]2(OC(=O)C[C@@H]2C)C(C)(C)CO1. The zero-order valence-electron chi connectivity index (χ0n) is 10.9. The fraction of sp³-hybridized carbons (Fsp3) is 0.846. The van der Waals surface area contributed by atoms with E-state index in [2.05, 4.69) is 0 Å². The van der Waals surface area contributed by atoms with E-state index in [4.69, 9.17) is 9.47 Å². The van der Waals surface area contributed by atoms with E-state index in [-0.39, 0.29) is 23.1 Å². The number of ketones is 1. The number of esters is 1. The molecule has 2 rings (SSSR count). The summed E-state index contributed by atoms with van der Waals surface area (Å²) in [6.45, 7) is 8.08. The molecule has 2 saturated heterocycles. The first-order valence-corrected chi connectivity index (χ1v) is 6.12. The van der Waals surface area contributed by atoms with Gasteiger partial charge in [0.2, 0.25) is 0 Å². The van der Waals surface area contributed by atoms with Crippen LogP contribution in [0.25, 0.3) is 0 Å². The molecule has 0 aromatic heterocycles. The van der Waals surface area contributed by atoms with E-state index >= 15 is 0 Å². The molecule has 2 fully saturated rings. The molecule has 0 unspecified atom stereocenters. The van der Waals surface area contributed by atoms with Crippen molar-refractivity contribution in [3.05, 3.63) is 0 Å². The van der Waals surface area contributed by atoms with Gasteiger partial charge in [0, 0.05) is 17.8 Å². The molecular weight excluding hydrogens is 220 g/mol. The average Bonchev–Trinajstić information content (AvgIpc) is 2.47. The summed E-state index contributed by atoms with van der Waals surface area (Å²) < 4.78 is 11.2. The Bertz CT molecular complexity index is 360. The van der Waals surface area contributed by atoms with Crippen LogP contribution in [-0.2, 0) is 19.1 Å². The lowest BCUT2D eigenvalue weighted by atomic mass is 9.64. The van der Waals surface area contributed by atoms with Crippen molar-refractivity contribution >= 4 is 11.8 Å². The second-order valence-electron chi connectivity index (χ2n) is 5.97. The van der Waals surface area contributed by atoms with Crippen molar-refractivity contribution in [3.63, 3.8) is 0 Å². The lowest BCUT2D eigenvalue weighted by Crippen LogP contribution is -2.58. The van der Waals surface area contributed by atoms with Crippen molar-refractivity contribution in [2.45, 2.75) is 52.2 Å². The molecule has 2 heterocycles. The molecule has 0 amide bonds. The molecule has 0 aromatic rings. The maximum atomic E-state index is 11.5. The van der Waals surface area contributed by atoms with E-state index in [1.807, 2.05) is 20.8 Å². The van der Waals surface area contributed by atoms with Crippen molar-refractivity contribution < 1.29 is 19.1 Å². The van der Waals surface area contributed by atoms with Crippen LogP contribution in [-0.4, -0.2) is 30.1 Å². The maximum absolute atomic E-state index is 11.5. The van der Waals surface area contributed by atoms with Gasteiger partial charge in [0.1, 0.15) is 11.7 Å². The van der Waals surface area contributed by atoms with Gasteiger partial charge >= 0.3 is 5.97 Å². The van der Waals surface area contributed by atoms with E-state index in [0.717, 1.165) is 0 Å². The first kappa shape index (κ1) is 12.6. The molecule has 0 bridgehead atoms. The summed E-state index contributed by atoms with van der Waals surface area (Å²) in [5.41, 5.74) is -0.788. The van der Waals surface area contributed by atoms with Crippen LogP contribution in [0.1, 0.15) is 40.5 Å². The molecule has 0 aromatic carbocycles. The number of carbonyl (C=O) groups excluding carboxylic acids is 2. The Labute approximate surface area is 102 Å². The van der Waals surface area contributed by atoms with Crippen LogP contribution in [0.5, 0.6) is 0 Å². The molecule has 4 nitrogen and oxygen atoms in total. The summed E-state index contributed by atoms with van der Waals surface area (Å²) >= 11 is 0. The van der Waals surface area contributed by atoms with Crippen LogP contribution in [0.4, 0.5) is 0 Å².